The third-order valence-electron chi connectivity index (χ3n) is 9.34. The Hall–Kier alpha value is -5.86. The Morgan fingerprint density at radius 2 is 1.09 bits per heavy atom. The minimum absolute atomic E-state index is 0.439. The number of benzene rings is 7. The summed E-state index contributed by atoms with van der Waals surface area (Å²) in [6.07, 6.45) is 0. The second-order valence-electron chi connectivity index (χ2n) is 11.8. The van der Waals surface area contributed by atoms with Gasteiger partial charge in [-0.1, -0.05) is 133 Å². The van der Waals surface area contributed by atoms with Crippen LogP contribution in [-0.4, -0.2) is 0 Å². The predicted octanol–water partition coefficient (Wildman–Crippen LogP) is 11.4. The van der Waals surface area contributed by atoms with Crippen molar-refractivity contribution in [2.75, 3.05) is 5.32 Å². The highest BCUT2D eigenvalue weighted by molar-refractivity contribution is 6.13. The van der Waals surface area contributed by atoms with E-state index in [9.17, 15) is 0 Å². The van der Waals surface area contributed by atoms with Gasteiger partial charge >= 0.3 is 0 Å². The number of rotatable bonds is 5. The zero-order chi connectivity index (χ0) is 29.8. The van der Waals surface area contributed by atoms with E-state index >= 15 is 0 Å². The number of anilines is 2. The molecule has 1 aliphatic carbocycles. The molecular weight excluding hydrogens is 546 g/mol. The first-order valence-electron chi connectivity index (χ1n) is 15.4. The topological polar surface area (TPSA) is 25.2 Å². The maximum absolute atomic E-state index is 6.34. The molecule has 0 spiro atoms. The van der Waals surface area contributed by atoms with E-state index < -0.39 is 5.41 Å². The summed E-state index contributed by atoms with van der Waals surface area (Å²) in [5.74, 6) is 0. The molecule has 1 N–H and O–H groups in total. The normalized spacial score (nSPS) is 13.1. The number of nitrogens with one attached hydrogen (secondary N) is 1. The van der Waals surface area contributed by atoms with Crippen LogP contribution >= 0.6 is 0 Å². The first kappa shape index (κ1) is 25.6. The van der Waals surface area contributed by atoms with E-state index in [4.69, 9.17) is 4.42 Å². The van der Waals surface area contributed by atoms with Gasteiger partial charge in [-0.15, -0.1) is 0 Å². The molecule has 1 heterocycles. The van der Waals surface area contributed by atoms with Gasteiger partial charge in [0.1, 0.15) is 11.2 Å². The molecular formula is C43H29NO. The maximum atomic E-state index is 6.34. The molecule has 2 nitrogen and oxygen atoms in total. The van der Waals surface area contributed by atoms with Crippen molar-refractivity contribution >= 4 is 33.3 Å². The highest BCUT2D eigenvalue weighted by atomic mass is 16.3. The summed E-state index contributed by atoms with van der Waals surface area (Å²) in [7, 11) is 0. The van der Waals surface area contributed by atoms with E-state index in [0.717, 1.165) is 33.3 Å². The molecule has 212 valence electrons. The van der Waals surface area contributed by atoms with Gasteiger partial charge in [0.25, 0.3) is 0 Å². The van der Waals surface area contributed by atoms with Gasteiger partial charge in [-0.2, -0.15) is 0 Å². The number of hydrogen-bond donors (Lipinski definition) is 1. The molecule has 0 bridgehead atoms. The van der Waals surface area contributed by atoms with Crippen molar-refractivity contribution in [3.8, 4) is 22.3 Å². The van der Waals surface area contributed by atoms with Crippen molar-refractivity contribution in [2.24, 2.45) is 0 Å². The van der Waals surface area contributed by atoms with Crippen LogP contribution in [0.3, 0.4) is 0 Å². The fourth-order valence-electron chi connectivity index (χ4n) is 7.44. The van der Waals surface area contributed by atoms with Crippen LogP contribution in [0.5, 0.6) is 0 Å². The zero-order valence-electron chi connectivity index (χ0n) is 24.6. The first-order valence-corrected chi connectivity index (χ1v) is 15.4. The third kappa shape index (κ3) is 3.89. The quantitative estimate of drug-likeness (QED) is 0.221. The van der Waals surface area contributed by atoms with Crippen molar-refractivity contribution in [2.45, 2.75) is 5.41 Å². The van der Waals surface area contributed by atoms with Gasteiger partial charge in [-0.05, 0) is 80.9 Å². The fourth-order valence-corrected chi connectivity index (χ4v) is 7.44. The molecule has 9 rings (SSSR count). The molecule has 0 atom stereocenters. The van der Waals surface area contributed by atoms with E-state index in [0.29, 0.717) is 0 Å². The summed E-state index contributed by atoms with van der Waals surface area (Å²) in [6.45, 7) is 0. The molecule has 0 aliphatic heterocycles. The lowest BCUT2D eigenvalue weighted by atomic mass is 9.67. The standard InChI is InChI=1S/C43H29NO/c1-3-13-29(14-4-1)30-25-26-40-36(27-30)42-39(23-12-24-41(42)45-40)44-33-18-11-17-32(28-33)43(31-15-5-2-6-16-31)37-21-9-7-19-34(37)35-20-8-10-22-38(35)43/h1-28,44H. The summed E-state index contributed by atoms with van der Waals surface area (Å²) < 4.78 is 6.34. The average Bonchev–Trinajstić information content (AvgIpc) is 3.63. The molecule has 0 radical (unpaired) electrons. The van der Waals surface area contributed by atoms with E-state index in [1.165, 1.54) is 44.5 Å². The highest BCUT2D eigenvalue weighted by Gasteiger charge is 2.45. The van der Waals surface area contributed by atoms with Gasteiger partial charge < -0.3 is 9.73 Å². The van der Waals surface area contributed by atoms with Gasteiger partial charge in [0.15, 0.2) is 0 Å². The third-order valence-corrected chi connectivity index (χ3v) is 9.34. The average molecular weight is 576 g/mol. The monoisotopic (exact) mass is 575 g/mol. The maximum Gasteiger partial charge on any atom is 0.137 e. The van der Waals surface area contributed by atoms with Crippen LogP contribution in [0.15, 0.2) is 174 Å². The highest BCUT2D eigenvalue weighted by Crippen LogP contribution is 2.56. The van der Waals surface area contributed by atoms with Crippen molar-refractivity contribution < 1.29 is 4.42 Å². The van der Waals surface area contributed by atoms with Crippen LogP contribution in [0, 0.1) is 0 Å². The van der Waals surface area contributed by atoms with E-state index in [-0.39, 0.29) is 0 Å². The molecule has 45 heavy (non-hydrogen) atoms. The molecule has 2 heteroatoms. The fraction of sp³-hybridized carbons (Fsp3) is 0.0233. The van der Waals surface area contributed by atoms with Crippen LogP contribution in [0.2, 0.25) is 0 Å². The lowest BCUT2D eigenvalue weighted by molar-refractivity contribution is 0.669. The number of hydrogen-bond acceptors (Lipinski definition) is 2. The smallest absolute Gasteiger partial charge is 0.137 e. The van der Waals surface area contributed by atoms with Crippen molar-refractivity contribution in [3.63, 3.8) is 0 Å². The summed E-state index contributed by atoms with van der Waals surface area (Å²) >= 11 is 0. The Morgan fingerprint density at radius 1 is 0.444 bits per heavy atom. The van der Waals surface area contributed by atoms with Crippen molar-refractivity contribution in [3.05, 3.63) is 192 Å². The second kappa shape index (κ2) is 10.1. The van der Waals surface area contributed by atoms with E-state index in [1.54, 1.807) is 0 Å². The van der Waals surface area contributed by atoms with Gasteiger partial charge in [-0.25, -0.2) is 0 Å². The summed E-state index contributed by atoms with van der Waals surface area (Å²) in [6, 6.07) is 60.8. The van der Waals surface area contributed by atoms with E-state index in [1.807, 2.05) is 0 Å². The lowest BCUT2D eigenvalue weighted by Crippen LogP contribution is -2.28. The minimum atomic E-state index is -0.439. The molecule has 0 saturated heterocycles. The predicted molar refractivity (Wildman–Crippen MR) is 186 cm³/mol. The Bertz CT molecular complexity index is 2300. The SMILES string of the molecule is c1ccc(-c2ccc3oc4cccc(Nc5cccc(C6(c7ccccc7)c7ccccc7-c7ccccc76)c5)c4c3c2)cc1. The summed E-state index contributed by atoms with van der Waals surface area (Å²) in [5.41, 5.74) is 13.4. The largest absolute Gasteiger partial charge is 0.456 e. The van der Waals surface area contributed by atoms with Gasteiger partial charge in [-0.3, -0.25) is 0 Å². The van der Waals surface area contributed by atoms with Gasteiger partial charge in [0.2, 0.25) is 0 Å². The van der Waals surface area contributed by atoms with Crippen LogP contribution < -0.4 is 5.32 Å². The Labute approximate surface area is 262 Å². The molecule has 1 aliphatic rings. The summed E-state index contributed by atoms with van der Waals surface area (Å²) in [4.78, 5) is 0. The molecule has 7 aromatic carbocycles. The Kier molecular flexibility index (Phi) is 5.76. The van der Waals surface area contributed by atoms with Crippen LogP contribution in [0.4, 0.5) is 11.4 Å². The molecule has 8 aromatic rings. The van der Waals surface area contributed by atoms with Crippen molar-refractivity contribution in [1.29, 1.82) is 0 Å². The number of fused-ring (bicyclic) bond motifs is 6. The Balaban J connectivity index is 1.22. The van der Waals surface area contributed by atoms with Gasteiger partial charge in [0.05, 0.1) is 16.5 Å². The molecule has 1 aromatic heterocycles. The molecule has 0 saturated carbocycles. The number of furan rings is 1. The minimum Gasteiger partial charge on any atom is -0.456 e. The van der Waals surface area contributed by atoms with Crippen LogP contribution in [-0.2, 0) is 5.41 Å². The van der Waals surface area contributed by atoms with Crippen LogP contribution in [0.1, 0.15) is 22.3 Å². The molecule has 0 fully saturated rings. The molecule has 0 unspecified atom stereocenters. The van der Waals surface area contributed by atoms with Gasteiger partial charge in [0, 0.05) is 11.1 Å². The lowest BCUT2D eigenvalue weighted by Gasteiger charge is -2.34. The summed E-state index contributed by atoms with van der Waals surface area (Å²) in [5, 5.41) is 5.99. The zero-order valence-corrected chi connectivity index (χ0v) is 24.6. The molecule has 0 amide bonds. The van der Waals surface area contributed by atoms with E-state index in [2.05, 4.69) is 175 Å². The second-order valence-corrected chi connectivity index (χ2v) is 11.8. The van der Waals surface area contributed by atoms with Crippen LogP contribution in [0.25, 0.3) is 44.2 Å². The van der Waals surface area contributed by atoms with Crippen molar-refractivity contribution in [1.82, 2.24) is 0 Å². The first-order chi connectivity index (χ1) is 22.3. The Morgan fingerprint density at radius 3 is 1.84 bits per heavy atom.